The maximum absolute atomic E-state index is 12.4. The molecule has 126 valence electrons. The van der Waals surface area contributed by atoms with Crippen molar-refractivity contribution in [3.63, 3.8) is 0 Å². The van der Waals surface area contributed by atoms with Gasteiger partial charge in [-0.2, -0.15) is 0 Å². The van der Waals surface area contributed by atoms with E-state index in [-0.39, 0.29) is 12.5 Å². The van der Waals surface area contributed by atoms with E-state index in [1.54, 1.807) is 18.2 Å². The van der Waals surface area contributed by atoms with E-state index in [9.17, 15) is 9.59 Å². The van der Waals surface area contributed by atoms with Crippen LogP contribution in [0.3, 0.4) is 0 Å². The second-order valence-electron chi connectivity index (χ2n) is 5.56. The fourth-order valence-electron chi connectivity index (χ4n) is 2.28. The molecule has 1 saturated heterocycles. The number of nitrogens with one attached hydrogen (secondary N) is 1. The summed E-state index contributed by atoms with van der Waals surface area (Å²) in [6.45, 7) is 2.66. The summed E-state index contributed by atoms with van der Waals surface area (Å²) in [5.74, 6) is -0.142. The van der Waals surface area contributed by atoms with Gasteiger partial charge in [0.25, 0.3) is 0 Å². The lowest BCUT2D eigenvalue weighted by molar-refractivity contribution is -0.142. The predicted molar refractivity (Wildman–Crippen MR) is 84.3 cm³/mol. The molecule has 0 radical (unpaired) electrons. The lowest BCUT2D eigenvalue weighted by atomic mass is 9.90. The molecule has 7 heteroatoms. The number of ether oxygens (including phenoxy) is 3. The molecule has 2 rings (SSSR count). The Morgan fingerprint density at radius 1 is 1.35 bits per heavy atom. The predicted octanol–water partition coefficient (Wildman–Crippen LogP) is 0.993. The molecule has 0 atom stereocenters. The lowest BCUT2D eigenvalue weighted by Gasteiger charge is -2.32. The Bertz CT molecular complexity index is 582. The number of hydrogen-bond acceptors (Lipinski definition) is 6. The molecule has 1 aromatic rings. The van der Waals surface area contributed by atoms with Gasteiger partial charge in [0.1, 0.15) is 11.3 Å². The summed E-state index contributed by atoms with van der Waals surface area (Å²) in [6.07, 6.45) is 0.996. The zero-order valence-electron chi connectivity index (χ0n) is 13.4. The van der Waals surface area contributed by atoms with Crippen molar-refractivity contribution < 1.29 is 23.8 Å². The number of nitrogens with two attached hydrogens (primary N) is 1. The zero-order chi connectivity index (χ0) is 16.9. The number of anilines is 1. The Kier molecular flexibility index (Phi) is 5.57. The largest absolute Gasteiger partial charge is 0.482 e. The van der Waals surface area contributed by atoms with Crippen LogP contribution in [0, 0.1) is 6.92 Å². The Labute approximate surface area is 135 Å². The molecule has 1 fully saturated rings. The zero-order valence-corrected chi connectivity index (χ0v) is 13.4. The number of methoxy groups -OCH3 is 1. The Balaban J connectivity index is 2.00. The first kappa shape index (κ1) is 17.2. The van der Waals surface area contributed by atoms with Gasteiger partial charge in [-0.25, -0.2) is 4.79 Å². The molecular weight excluding hydrogens is 300 g/mol. The molecule has 0 unspecified atom stereocenters. The van der Waals surface area contributed by atoms with Crippen LogP contribution in [0.25, 0.3) is 0 Å². The van der Waals surface area contributed by atoms with Crippen LogP contribution in [0.4, 0.5) is 5.69 Å². The SMILES string of the molecule is COC(=O)COc1ccc(NC(=O)C2(N)CCOCC2)c(C)c1. The molecular formula is C16H22N2O5. The van der Waals surface area contributed by atoms with Crippen molar-refractivity contribution in [1.29, 1.82) is 0 Å². The molecule has 0 saturated carbocycles. The summed E-state index contributed by atoms with van der Waals surface area (Å²) >= 11 is 0. The van der Waals surface area contributed by atoms with Crippen LogP contribution in [0.2, 0.25) is 0 Å². The second-order valence-corrected chi connectivity index (χ2v) is 5.56. The smallest absolute Gasteiger partial charge is 0.343 e. The van der Waals surface area contributed by atoms with Crippen LogP contribution in [-0.4, -0.2) is 44.3 Å². The molecule has 3 N–H and O–H groups in total. The quantitative estimate of drug-likeness (QED) is 0.784. The van der Waals surface area contributed by atoms with E-state index in [1.807, 2.05) is 6.92 Å². The van der Waals surface area contributed by atoms with Gasteiger partial charge in [-0.15, -0.1) is 0 Å². The molecule has 1 aliphatic rings. The summed E-state index contributed by atoms with van der Waals surface area (Å²) in [6, 6.07) is 5.15. The molecule has 1 aromatic carbocycles. The van der Waals surface area contributed by atoms with Gasteiger partial charge in [0.15, 0.2) is 6.61 Å². The van der Waals surface area contributed by atoms with Gasteiger partial charge < -0.3 is 25.3 Å². The number of hydrogen-bond donors (Lipinski definition) is 2. The van der Waals surface area contributed by atoms with Crippen molar-refractivity contribution in [2.75, 3.05) is 32.2 Å². The number of aryl methyl sites for hydroxylation is 1. The minimum Gasteiger partial charge on any atom is -0.482 e. The van der Waals surface area contributed by atoms with Crippen LogP contribution in [-0.2, 0) is 19.1 Å². The highest BCUT2D eigenvalue weighted by molar-refractivity contribution is 5.98. The average Bonchev–Trinajstić information content (AvgIpc) is 2.55. The number of benzene rings is 1. The first-order chi connectivity index (χ1) is 10.9. The van der Waals surface area contributed by atoms with Gasteiger partial charge >= 0.3 is 5.97 Å². The first-order valence-corrected chi connectivity index (χ1v) is 7.43. The molecule has 1 aliphatic heterocycles. The standard InChI is InChI=1S/C16H22N2O5/c1-11-9-12(23-10-14(19)21-2)3-4-13(11)18-15(20)16(17)5-7-22-8-6-16/h3-4,9H,5-8,10,17H2,1-2H3,(H,18,20). The van der Waals surface area contributed by atoms with E-state index in [1.165, 1.54) is 7.11 Å². The van der Waals surface area contributed by atoms with E-state index >= 15 is 0 Å². The van der Waals surface area contributed by atoms with Gasteiger partial charge in [0, 0.05) is 18.9 Å². The van der Waals surface area contributed by atoms with Crippen molar-refractivity contribution in [2.24, 2.45) is 5.73 Å². The summed E-state index contributed by atoms with van der Waals surface area (Å²) in [5, 5.41) is 2.86. The van der Waals surface area contributed by atoms with Crippen molar-refractivity contribution >= 4 is 17.6 Å². The average molecular weight is 322 g/mol. The molecule has 0 spiro atoms. The fraction of sp³-hybridized carbons (Fsp3) is 0.500. The van der Waals surface area contributed by atoms with Crippen LogP contribution in [0.5, 0.6) is 5.75 Å². The van der Waals surface area contributed by atoms with Gasteiger partial charge in [-0.05, 0) is 43.5 Å². The molecule has 0 aromatic heterocycles. The number of carbonyl (C=O) groups excluding carboxylic acids is 2. The van der Waals surface area contributed by atoms with Crippen molar-refractivity contribution in [3.8, 4) is 5.75 Å². The Hall–Kier alpha value is -2.12. The summed E-state index contributed by atoms with van der Waals surface area (Å²) in [4.78, 5) is 23.5. The molecule has 0 aliphatic carbocycles. The summed E-state index contributed by atoms with van der Waals surface area (Å²) in [7, 11) is 1.30. The number of rotatable bonds is 5. The van der Waals surface area contributed by atoms with Gasteiger partial charge in [0.2, 0.25) is 5.91 Å². The normalized spacial score (nSPS) is 16.5. The third-order valence-electron chi connectivity index (χ3n) is 3.87. The van der Waals surface area contributed by atoms with E-state index in [0.29, 0.717) is 37.5 Å². The summed E-state index contributed by atoms with van der Waals surface area (Å²) in [5.41, 5.74) is 6.74. The highest BCUT2D eigenvalue weighted by Crippen LogP contribution is 2.24. The van der Waals surface area contributed by atoms with Crippen molar-refractivity contribution in [1.82, 2.24) is 0 Å². The number of amides is 1. The van der Waals surface area contributed by atoms with Gasteiger partial charge in [0.05, 0.1) is 7.11 Å². The third-order valence-corrected chi connectivity index (χ3v) is 3.87. The van der Waals surface area contributed by atoms with Crippen molar-refractivity contribution in [3.05, 3.63) is 23.8 Å². The van der Waals surface area contributed by atoms with Crippen molar-refractivity contribution in [2.45, 2.75) is 25.3 Å². The van der Waals surface area contributed by atoms with Gasteiger partial charge in [-0.3, -0.25) is 4.79 Å². The van der Waals surface area contributed by atoms with Crippen LogP contribution >= 0.6 is 0 Å². The minimum absolute atomic E-state index is 0.159. The van der Waals surface area contributed by atoms with Gasteiger partial charge in [-0.1, -0.05) is 0 Å². The van der Waals surface area contributed by atoms with Crippen LogP contribution in [0.15, 0.2) is 18.2 Å². The lowest BCUT2D eigenvalue weighted by Crippen LogP contribution is -2.54. The molecule has 1 amide bonds. The molecule has 7 nitrogen and oxygen atoms in total. The highest BCUT2D eigenvalue weighted by Gasteiger charge is 2.36. The molecule has 23 heavy (non-hydrogen) atoms. The minimum atomic E-state index is -0.898. The van der Waals surface area contributed by atoms with E-state index in [4.69, 9.17) is 15.2 Å². The van der Waals surface area contributed by atoms with E-state index in [0.717, 1.165) is 5.56 Å². The maximum Gasteiger partial charge on any atom is 0.343 e. The van der Waals surface area contributed by atoms with Crippen LogP contribution < -0.4 is 15.8 Å². The first-order valence-electron chi connectivity index (χ1n) is 7.43. The summed E-state index contributed by atoms with van der Waals surface area (Å²) < 4.78 is 15.1. The molecule has 0 bridgehead atoms. The highest BCUT2D eigenvalue weighted by atomic mass is 16.6. The third kappa shape index (κ3) is 4.43. The Morgan fingerprint density at radius 3 is 2.65 bits per heavy atom. The maximum atomic E-state index is 12.4. The van der Waals surface area contributed by atoms with E-state index in [2.05, 4.69) is 10.1 Å². The Morgan fingerprint density at radius 2 is 2.04 bits per heavy atom. The number of carbonyl (C=O) groups is 2. The van der Waals surface area contributed by atoms with E-state index < -0.39 is 11.5 Å². The van der Waals surface area contributed by atoms with Crippen LogP contribution in [0.1, 0.15) is 18.4 Å². The number of esters is 1. The topological polar surface area (TPSA) is 99.9 Å². The molecule has 1 heterocycles. The second kappa shape index (κ2) is 7.43. The monoisotopic (exact) mass is 322 g/mol. The fourth-order valence-corrected chi connectivity index (χ4v) is 2.28.